The van der Waals surface area contributed by atoms with Crippen molar-refractivity contribution in [3.05, 3.63) is 139 Å². The average molecular weight is 567 g/mol. The van der Waals surface area contributed by atoms with Crippen molar-refractivity contribution in [1.29, 1.82) is 5.26 Å². The molecule has 9 aromatic rings. The molecule has 0 saturated heterocycles. The third-order valence-electron chi connectivity index (χ3n) is 8.36. The molecule has 43 heavy (non-hydrogen) atoms. The monoisotopic (exact) mass is 566 g/mol. The molecule has 0 aliphatic rings. The molecule has 0 aliphatic heterocycles. The summed E-state index contributed by atoms with van der Waals surface area (Å²) in [7, 11) is 0. The predicted octanol–water partition coefficient (Wildman–Crippen LogP) is 10.0. The van der Waals surface area contributed by atoms with Crippen LogP contribution in [0, 0.1) is 11.3 Å². The molecule has 0 atom stereocenters. The van der Waals surface area contributed by atoms with Crippen LogP contribution in [0.15, 0.2) is 134 Å². The predicted molar refractivity (Wildman–Crippen MR) is 178 cm³/mol. The standard InChI is InChI=1S/C38H22N4S/c39-22-24-13-16-30-32-21-27(14-17-33(32)42(34(30)19-24)29-9-2-1-3-10-29)25-7-6-8-26(20-25)28-15-18-36-40-37-31-11-4-5-12-35(31)43-38(37)41(36)23-28/h1-21,23H. The zero-order valence-electron chi connectivity index (χ0n) is 22.9. The van der Waals surface area contributed by atoms with Crippen LogP contribution < -0.4 is 0 Å². The SMILES string of the molecule is N#Cc1ccc2c3cc(-c4cccc(-c5ccc6nc7c8ccccc8sc7n6c5)c4)ccc3n(-c3ccccc3)c2c1. The number of fused-ring (bicyclic) bond motifs is 8. The lowest BCUT2D eigenvalue weighted by Crippen LogP contribution is -1.93. The average Bonchev–Trinajstić information content (AvgIpc) is 3.72. The van der Waals surface area contributed by atoms with Gasteiger partial charge in [0.15, 0.2) is 0 Å². The Labute approximate surface area is 250 Å². The summed E-state index contributed by atoms with van der Waals surface area (Å²) >= 11 is 1.79. The fourth-order valence-electron chi connectivity index (χ4n) is 6.33. The fraction of sp³-hybridized carbons (Fsp3) is 0. The summed E-state index contributed by atoms with van der Waals surface area (Å²) < 4.78 is 5.73. The fourth-order valence-corrected chi connectivity index (χ4v) is 7.45. The zero-order valence-corrected chi connectivity index (χ0v) is 23.7. The summed E-state index contributed by atoms with van der Waals surface area (Å²) in [6.45, 7) is 0. The lowest BCUT2D eigenvalue weighted by molar-refractivity contribution is 1.18. The normalized spacial score (nSPS) is 11.7. The number of pyridine rings is 1. The van der Waals surface area contributed by atoms with E-state index in [1.165, 1.54) is 20.3 Å². The number of imidazole rings is 1. The summed E-state index contributed by atoms with van der Waals surface area (Å²) in [6.07, 6.45) is 2.21. The molecule has 9 rings (SSSR count). The van der Waals surface area contributed by atoms with Gasteiger partial charge in [-0.05, 0) is 82.9 Å². The maximum absolute atomic E-state index is 9.61. The lowest BCUT2D eigenvalue weighted by atomic mass is 9.98. The van der Waals surface area contributed by atoms with Gasteiger partial charge in [-0.15, -0.1) is 11.3 Å². The van der Waals surface area contributed by atoms with Crippen LogP contribution in [0.25, 0.3) is 75.8 Å². The van der Waals surface area contributed by atoms with Crippen molar-refractivity contribution in [3.63, 3.8) is 0 Å². The number of thiophene rings is 1. The lowest BCUT2D eigenvalue weighted by Gasteiger charge is -2.09. The van der Waals surface area contributed by atoms with E-state index in [4.69, 9.17) is 4.98 Å². The Hall–Kier alpha value is -5.70. The van der Waals surface area contributed by atoms with E-state index in [1.54, 1.807) is 11.3 Å². The van der Waals surface area contributed by atoms with Gasteiger partial charge < -0.3 is 4.57 Å². The molecule has 0 bridgehead atoms. The number of hydrogen-bond acceptors (Lipinski definition) is 3. The number of rotatable bonds is 3. The Morgan fingerprint density at radius 3 is 2.28 bits per heavy atom. The van der Waals surface area contributed by atoms with Crippen LogP contribution in [0.2, 0.25) is 0 Å². The first-order valence-corrected chi connectivity index (χ1v) is 15.0. The van der Waals surface area contributed by atoms with E-state index >= 15 is 0 Å². The number of aromatic nitrogens is 3. The van der Waals surface area contributed by atoms with Crippen molar-refractivity contribution in [2.45, 2.75) is 0 Å². The smallest absolute Gasteiger partial charge is 0.138 e. The summed E-state index contributed by atoms with van der Waals surface area (Å²) in [5.74, 6) is 0. The van der Waals surface area contributed by atoms with Crippen LogP contribution in [-0.4, -0.2) is 14.0 Å². The Kier molecular flexibility index (Phi) is 5.10. The minimum Gasteiger partial charge on any atom is -0.309 e. The van der Waals surface area contributed by atoms with E-state index in [2.05, 4.69) is 118 Å². The van der Waals surface area contributed by atoms with Crippen LogP contribution in [0.4, 0.5) is 0 Å². The van der Waals surface area contributed by atoms with Gasteiger partial charge in [-0.2, -0.15) is 5.26 Å². The molecular formula is C38H22N4S. The molecule has 0 unspecified atom stereocenters. The molecule has 200 valence electrons. The third kappa shape index (κ3) is 3.64. The molecule has 5 heteroatoms. The van der Waals surface area contributed by atoms with Crippen LogP contribution in [0.1, 0.15) is 5.56 Å². The number of para-hydroxylation sites is 1. The first-order valence-electron chi connectivity index (χ1n) is 14.2. The summed E-state index contributed by atoms with van der Waals surface area (Å²) in [5.41, 5.74) is 10.5. The molecule has 0 fully saturated rings. The Morgan fingerprint density at radius 2 is 1.40 bits per heavy atom. The number of benzene rings is 5. The van der Waals surface area contributed by atoms with Gasteiger partial charge in [-0.25, -0.2) is 4.98 Å². The Morgan fingerprint density at radius 1 is 0.605 bits per heavy atom. The van der Waals surface area contributed by atoms with Gasteiger partial charge in [0, 0.05) is 32.7 Å². The van der Waals surface area contributed by atoms with Crippen molar-refractivity contribution in [2.75, 3.05) is 0 Å². The quantitative estimate of drug-likeness (QED) is 0.214. The van der Waals surface area contributed by atoms with Crippen molar-refractivity contribution in [2.24, 2.45) is 0 Å². The number of hydrogen-bond donors (Lipinski definition) is 0. The molecule has 4 aromatic heterocycles. The van der Waals surface area contributed by atoms with Crippen molar-refractivity contribution in [1.82, 2.24) is 14.0 Å². The third-order valence-corrected chi connectivity index (χ3v) is 9.52. The second-order valence-electron chi connectivity index (χ2n) is 10.8. The van der Waals surface area contributed by atoms with Crippen LogP contribution in [-0.2, 0) is 0 Å². The Balaban J connectivity index is 1.19. The molecule has 0 N–H and O–H groups in total. The van der Waals surface area contributed by atoms with Crippen molar-refractivity contribution in [3.8, 4) is 34.0 Å². The van der Waals surface area contributed by atoms with Gasteiger partial charge in [0.2, 0.25) is 0 Å². The van der Waals surface area contributed by atoms with Gasteiger partial charge in [-0.3, -0.25) is 4.40 Å². The summed E-state index contributed by atoms with van der Waals surface area (Å²) in [5, 5.41) is 13.1. The van der Waals surface area contributed by atoms with Crippen LogP contribution in [0.5, 0.6) is 0 Å². The van der Waals surface area contributed by atoms with E-state index in [9.17, 15) is 5.26 Å². The van der Waals surface area contributed by atoms with Gasteiger partial charge in [0.25, 0.3) is 0 Å². The van der Waals surface area contributed by atoms with Gasteiger partial charge >= 0.3 is 0 Å². The zero-order chi connectivity index (χ0) is 28.5. The van der Waals surface area contributed by atoms with E-state index < -0.39 is 0 Å². The number of nitriles is 1. The molecule has 0 saturated carbocycles. The topological polar surface area (TPSA) is 46.0 Å². The number of nitrogens with zero attached hydrogens (tertiary/aromatic N) is 4. The van der Waals surface area contributed by atoms with Gasteiger partial charge in [-0.1, -0.05) is 66.7 Å². The van der Waals surface area contributed by atoms with Gasteiger partial charge in [0.05, 0.1) is 22.7 Å². The second-order valence-corrected chi connectivity index (χ2v) is 11.9. The summed E-state index contributed by atoms with van der Waals surface area (Å²) in [4.78, 5) is 6.12. The van der Waals surface area contributed by atoms with Crippen molar-refractivity contribution >= 4 is 59.2 Å². The molecule has 0 amide bonds. The maximum atomic E-state index is 9.61. The highest BCUT2D eigenvalue weighted by atomic mass is 32.1. The highest BCUT2D eigenvalue weighted by Crippen LogP contribution is 2.37. The van der Waals surface area contributed by atoms with Crippen LogP contribution in [0.3, 0.4) is 0 Å². The second kappa shape index (κ2) is 9.15. The first-order chi connectivity index (χ1) is 21.2. The van der Waals surface area contributed by atoms with E-state index in [0.29, 0.717) is 5.56 Å². The van der Waals surface area contributed by atoms with E-state index in [-0.39, 0.29) is 0 Å². The molecule has 0 radical (unpaired) electrons. The maximum Gasteiger partial charge on any atom is 0.138 e. The van der Waals surface area contributed by atoms with E-state index in [1.807, 2.05) is 30.3 Å². The highest BCUT2D eigenvalue weighted by molar-refractivity contribution is 7.25. The van der Waals surface area contributed by atoms with Gasteiger partial charge in [0.1, 0.15) is 16.0 Å². The minimum absolute atomic E-state index is 0.656. The molecule has 4 heterocycles. The minimum atomic E-state index is 0.656. The van der Waals surface area contributed by atoms with Crippen molar-refractivity contribution < 1.29 is 0 Å². The molecule has 0 aliphatic carbocycles. The summed E-state index contributed by atoms with van der Waals surface area (Å²) in [6, 6.07) is 46.8. The molecular weight excluding hydrogens is 545 g/mol. The highest BCUT2D eigenvalue weighted by Gasteiger charge is 2.15. The Bertz CT molecular complexity index is 2580. The van der Waals surface area contributed by atoms with Crippen LogP contribution >= 0.6 is 11.3 Å². The van der Waals surface area contributed by atoms with E-state index in [0.717, 1.165) is 55.5 Å². The first kappa shape index (κ1) is 24.0. The molecule has 0 spiro atoms. The molecule has 5 aromatic carbocycles. The largest absolute Gasteiger partial charge is 0.309 e. The molecule has 4 nitrogen and oxygen atoms in total.